The summed E-state index contributed by atoms with van der Waals surface area (Å²) in [5, 5.41) is 0. The second-order valence-electron chi connectivity index (χ2n) is 6.86. The maximum Gasteiger partial charge on any atom is 0.138 e. The number of hydrogen-bond donors (Lipinski definition) is 0. The first-order chi connectivity index (χ1) is 11.7. The van der Waals surface area contributed by atoms with Gasteiger partial charge < -0.3 is 14.0 Å². The minimum atomic E-state index is -0.00892. The van der Waals surface area contributed by atoms with Crippen LogP contribution in [0, 0.1) is 0 Å². The summed E-state index contributed by atoms with van der Waals surface area (Å²) in [5.41, 5.74) is -0.00892. The lowest BCUT2D eigenvalue weighted by molar-refractivity contribution is -0.0459. The number of rotatable bonds is 4. The fraction of sp³-hybridized carbons (Fsp3) is 0.556. The van der Waals surface area contributed by atoms with Crippen molar-refractivity contribution >= 4 is 0 Å². The van der Waals surface area contributed by atoms with Crippen molar-refractivity contribution in [3.8, 4) is 5.75 Å². The van der Waals surface area contributed by atoms with Crippen LogP contribution in [-0.2, 0) is 18.3 Å². The second-order valence-corrected chi connectivity index (χ2v) is 6.86. The highest BCUT2D eigenvalue weighted by Crippen LogP contribution is 2.37. The van der Waals surface area contributed by atoms with Gasteiger partial charge in [0.25, 0.3) is 0 Å². The van der Waals surface area contributed by atoms with Crippen molar-refractivity contribution in [3.63, 3.8) is 0 Å². The number of piperidine rings is 1. The first-order valence-electron chi connectivity index (χ1n) is 8.62. The molecule has 1 spiro atoms. The van der Waals surface area contributed by atoms with Crippen LogP contribution in [0.3, 0.4) is 0 Å². The van der Waals surface area contributed by atoms with E-state index in [0.717, 1.165) is 50.5 Å². The summed E-state index contributed by atoms with van der Waals surface area (Å²) in [4.78, 5) is 11.0. The standard InChI is InChI=1S/C18H24N4O2/c1-21-10-7-20-17(21)13-22-8-4-18(5-9-22)11-16(14-23-18)24-15-3-2-6-19-12-15/h2-3,6-7,10,12,16H,4-5,8-9,11,13-14H2,1H3/t16-/m0/s1. The molecular formula is C18H24N4O2. The van der Waals surface area contributed by atoms with E-state index in [0.29, 0.717) is 6.61 Å². The minimum absolute atomic E-state index is 0.00892. The van der Waals surface area contributed by atoms with Crippen molar-refractivity contribution in [2.75, 3.05) is 19.7 Å². The van der Waals surface area contributed by atoms with Gasteiger partial charge in [-0.05, 0) is 25.0 Å². The number of imidazole rings is 1. The van der Waals surface area contributed by atoms with E-state index in [1.54, 1.807) is 12.4 Å². The quantitative estimate of drug-likeness (QED) is 0.859. The molecule has 6 heteroatoms. The van der Waals surface area contributed by atoms with Crippen LogP contribution in [0.25, 0.3) is 0 Å². The molecule has 2 aromatic heterocycles. The largest absolute Gasteiger partial charge is 0.486 e. The highest BCUT2D eigenvalue weighted by atomic mass is 16.6. The maximum absolute atomic E-state index is 6.18. The second kappa shape index (κ2) is 6.53. The van der Waals surface area contributed by atoms with Crippen molar-refractivity contribution in [3.05, 3.63) is 42.7 Å². The summed E-state index contributed by atoms with van der Waals surface area (Å²) >= 11 is 0. The highest BCUT2D eigenvalue weighted by molar-refractivity contribution is 5.16. The molecule has 0 saturated carbocycles. The fourth-order valence-corrected chi connectivity index (χ4v) is 3.70. The number of aromatic nitrogens is 3. The molecule has 24 heavy (non-hydrogen) atoms. The van der Waals surface area contributed by atoms with Gasteiger partial charge in [-0.25, -0.2) is 4.98 Å². The average molecular weight is 328 g/mol. The van der Waals surface area contributed by atoms with E-state index < -0.39 is 0 Å². The molecule has 0 unspecified atom stereocenters. The summed E-state index contributed by atoms with van der Waals surface area (Å²) in [5.74, 6) is 1.95. The molecule has 4 rings (SSSR count). The maximum atomic E-state index is 6.18. The van der Waals surface area contributed by atoms with Crippen molar-refractivity contribution < 1.29 is 9.47 Å². The van der Waals surface area contributed by atoms with Gasteiger partial charge >= 0.3 is 0 Å². The van der Waals surface area contributed by atoms with Crippen LogP contribution < -0.4 is 4.74 Å². The molecule has 2 aromatic rings. The van der Waals surface area contributed by atoms with Crippen LogP contribution in [0.4, 0.5) is 0 Å². The first kappa shape index (κ1) is 15.6. The van der Waals surface area contributed by atoms with Gasteiger partial charge in [0.1, 0.15) is 17.7 Å². The molecule has 0 aromatic carbocycles. The Kier molecular flexibility index (Phi) is 4.24. The molecule has 0 N–H and O–H groups in total. The lowest BCUT2D eigenvalue weighted by Crippen LogP contribution is -2.44. The Labute approximate surface area is 142 Å². The number of aryl methyl sites for hydroxylation is 1. The zero-order chi connectivity index (χ0) is 16.4. The number of ether oxygens (including phenoxy) is 2. The fourth-order valence-electron chi connectivity index (χ4n) is 3.70. The van der Waals surface area contributed by atoms with E-state index in [-0.39, 0.29) is 11.7 Å². The molecule has 128 valence electrons. The Morgan fingerprint density at radius 2 is 2.21 bits per heavy atom. The van der Waals surface area contributed by atoms with Gasteiger partial charge in [0.2, 0.25) is 0 Å². The first-order valence-corrected chi connectivity index (χ1v) is 8.62. The van der Waals surface area contributed by atoms with Gasteiger partial charge in [0.05, 0.1) is 24.9 Å². The van der Waals surface area contributed by atoms with Crippen molar-refractivity contribution in [2.45, 2.75) is 37.5 Å². The number of nitrogens with zero attached hydrogens (tertiary/aromatic N) is 4. The van der Waals surface area contributed by atoms with E-state index in [2.05, 4.69) is 19.4 Å². The SMILES string of the molecule is Cn1ccnc1CN1CCC2(CC1)C[C@H](Oc1cccnc1)CO2. The third kappa shape index (κ3) is 3.30. The van der Waals surface area contributed by atoms with E-state index in [1.807, 2.05) is 31.6 Å². The van der Waals surface area contributed by atoms with Crippen LogP contribution in [0.15, 0.2) is 36.9 Å². The lowest BCUT2D eigenvalue weighted by Gasteiger charge is -2.38. The summed E-state index contributed by atoms with van der Waals surface area (Å²) < 4.78 is 14.3. The van der Waals surface area contributed by atoms with Crippen molar-refractivity contribution in [1.29, 1.82) is 0 Å². The molecule has 0 bridgehead atoms. The monoisotopic (exact) mass is 328 g/mol. The van der Waals surface area contributed by atoms with Gasteiger partial charge in [-0.2, -0.15) is 0 Å². The summed E-state index contributed by atoms with van der Waals surface area (Å²) in [7, 11) is 2.05. The van der Waals surface area contributed by atoms with Crippen LogP contribution in [-0.4, -0.2) is 50.8 Å². The Morgan fingerprint density at radius 3 is 2.92 bits per heavy atom. The molecule has 0 aliphatic carbocycles. The Hall–Kier alpha value is -1.92. The third-order valence-corrected chi connectivity index (χ3v) is 5.17. The smallest absolute Gasteiger partial charge is 0.138 e. The van der Waals surface area contributed by atoms with Crippen LogP contribution >= 0.6 is 0 Å². The lowest BCUT2D eigenvalue weighted by atomic mass is 9.88. The van der Waals surface area contributed by atoms with Gasteiger partial charge in [-0.1, -0.05) is 0 Å². The number of likely N-dealkylation sites (tertiary alicyclic amines) is 1. The van der Waals surface area contributed by atoms with E-state index in [1.165, 1.54) is 0 Å². The normalized spacial score (nSPS) is 23.6. The number of pyridine rings is 1. The highest BCUT2D eigenvalue weighted by Gasteiger charge is 2.43. The summed E-state index contributed by atoms with van der Waals surface area (Å²) in [6, 6.07) is 3.85. The molecule has 6 nitrogen and oxygen atoms in total. The van der Waals surface area contributed by atoms with E-state index in [9.17, 15) is 0 Å². The van der Waals surface area contributed by atoms with E-state index in [4.69, 9.17) is 9.47 Å². The Bertz CT molecular complexity index is 665. The molecule has 1 atom stereocenters. The number of hydrogen-bond acceptors (Lipinski definition) is 5. The summed E-state index contributed by atoms with van der Waals surface area (Å²) in [6.07, 6.45) is 10.6. The zero-order valence-electron chi connectivity index (χ0n) is 14.1. The summed E-state index contributed by atoms with van der Waals surface area (Å²) in [6.45, 7) is 3.68. The molecule has 2 saturated heterocycles. The van der Waals surface area contributed by atoms with E-state index >= 15 is 0 Å². The molecule has 2 aliphatic heterocycles. The van der Waals surface area contributed by atoms with Crippen LogP contribution in [0.5, 0.6) is 5.75 Å². The van der Waals surface area contributed by atoms with Crippen molar-refractivity contribution in [2.24, 2.45) is 7.05 Å². The zero-order valence-corrected chi connectivity index (χ0v) is 14.1. The van der Waals surface area contributed by atoms with Gasteiger partial charge in [0.15, 0.2) is 0 Å². The topological polar surface area (TPSA) is 52.4 Å². The predicted octanol–water partition coefficient (Wildman–Crippen LogP) is 2.02. The molecule has 2 aliphatic rings. The van der Waals surface area contributed by atoms with Gasteiger partial charge in [0, 0.05) is 45.1 Å². The van der Waals surface area contributed by atoms with Crippen LogP contribution in [0.1, 0.15) is 25.1 Å². The van der Waals surface area contributed by atoms with Crippen molar-refractivity contribution in [1.82, 2.24) is 19.4 Å². The van der Waals surface area contributed by atoms with Gasteiger partial charge in [-0.3, -0.25) is 9.88 Å². The average Bonchev–Trinajstić information content (AvgIpc) is 3.18. The van der Waals surface area contributed by atoms with Crippen LogP contribution in [0.2, 0.25) is 0 Å². The minimum Gasteiger partial charge on any atom is -0.486 e. The third-order valence-electron chi connectivity index (χ3n) is 5.17. The Morgan fingerprint density at radius 1 is 1.33 bits per heavy atom. The molecule has 2 fully saturated rings. The Balaban J connectivity index is 1.30. The van der Waals surface area contributed by atoms with Gasteiger partial charge in [-0.15, -0.1) is 0 Å². The predicted molar refractivity (Wildman–Crippen MR) is 89.7 cm³/mol. The molecule has 0 radical (unpaired) electrons. The molecular weight excluding hydrogens is 304 g/mol. The molecule has 0 amide bonds. The molecule has 4 heterocycles.